The number of aromatic nitrogens is 2. The Hall–Kier alpha value is -2.70. The summed E-state index contributed by atoms with van der Waals surface area (Å²) in [6.45, 7) is 5.40. The molecule has 1 aromatic heterocycles. The molecule has 0 unspecified atom stereocenters. The lowest BCUT2D eigenvalue weighted by atomic mass is 10.0. The third kappa shape index (κ3) is 3.61. The van der Waals surface area contributed by atoms with E-state index in [4.69, 9.17) is 0 Å². The van der Waals surface area contributed by atoms with Crippen LogP contribution in [-0.4, -0.2) is 34.8 Å². The van der Waals surface area contributed by atoms with Crippen molar-refractivity contribution in [2.24, 2.45) is 0 Å². The monoisotopic (exact) mass is 333 g/mol. The second-order valence-corrected chi connectivity index (χ2v) is 5.70. The number of rotatable bonds is 5. The summed E-state index contributed by atoms with van der Waals surface area (Å²) in [7, 11) is 1.26. The zero-order chi connectivity index (χ0) is 17.9. The molecule has 1 heterocycles. The summed E-state index contributed by atoms with van der Waals surface area (Å²) in [5, 5.41) is 6.84. The molecule has 0 aliphatic carbocycles. The molecule has 0 bridgehead atoms. The molecule has 0 aliphatic heterocycles. The van der Waals surface area contributed by atoms with Gasteiger partial charge in [-0.3, -0.25) is 4.79 Å². The minimum Gasteiger partial charge on any atom is -0.467 e. The zero-order valence-electron chi connectivity index (χ0n) is 14.0. The highest BCUT2D eigenvalue weighted by molar-refractivity contribution is 5.97. The smallest absolute Gasteiger partial charge is 0.328 e. The topological polar surface area (TPSA) is 73.2 Å². The van der Waals surface area contributed by atoms with Crippen LogP contribution in [0.25, 0.3) is 5.69 Å². The Kier molecular flexibility index (Phi) is 5.33. The highest BCUT2D eigenvalue weighted by atomic mass is 19.1. The van der Waals surface area contributed by atoms with Crippen LogP contribution >= 0.6 is 0 Å². The van der Waals surface area contributed by atoms with Gasteiger partial charge in [0, 0.05) is 0 Å². The number of esters is 1. The van der Waals surface area contributed by atoms with Crippen LogP contribution in [0.1, 0.15) is 42.7 Å². The van der Waals surface area contributed by atoms with E-state index in [0.717, 1.165) is 0 Å². The van der Waals surface area contributed by atoms with Gasteiger partial charge in [0.2, 0.25) is 0 Å². The second-order valence-electron chi connectivity index (χ2n) is 5.70. The van der Waals surface area contributed by atoms with Gasteiger partial charge in [-0.15, -0.1) is 0 Å². The summed E-state index contributed by atoms with van der Waals surface area (Å²) < 4.78 is 19.3. The Morgan fingerprint density at radius 2 is 1.83 bits per heavy atom. The molecular weight excluding hydrogens is 313 g/mol. The van der Waals surface area contributed by atoms with Crippen molar-refractivity contribution >= 4 is 11.9 Å². The van der Waals surface area contributed by atoms with Gasteiger partial charge in [0.15, 0.2) is 0 Å². The van der Waals surface area contributed by atoms with Crippen LogP contribution in [0.15, 0.2) is 30.5 Å². The first kappa shape index (κ1) is 17.7. The Morgan fingerprint density at radius 1 is 1.21 bits per heavy atom. The molecule has 1 aromatic carbocycles. The van der Waals surface area contributed by atoms with E-state index in [1.807, 2.05) is 13.8 Å². The van der Waals surface area contributed by atoms with Gasteiger partial charge in [-0.05, 0) is 37.1 Å². The van der Waals surface area contributed by atoms with Gasteiger partial charge >= 0.3 is 5.97 Å². The van der Waals surface area contributed by atoms with Gasteiger partial charge in [0.1, 0.15) is 11.9 Å². The number of hydrogen-bond acceptors (Lipinski definition) is 4. The van der Waals surface area contributed by atoms with Crippen LogP contribution in [0.3, 0.4) is 0 Å². The summed E-state index contributed by atoms with van der Waals surface area (Å²) >= 11 is 0. The van der Waals surface area contributed by atoms with Crippen molar-refractivity contribution in [2.45, 2.75) is 32.7 Å². The van der Waals surface area contributed by atoms with Crippen molar-refractivity contribution < 1.29 is 18.7 Å². The third-order valence-electron chi connectivity index (χ3n) is 3.57. The number of carbonyl (C=O) groups is 2. The minimum atomic E-state index is -0.767. The number of ether oxygens (including phenoxy) is 1. The van der Waals surface area contributed by atoms with Crippen LogP contribution in [0.4, 0.5) is 4.39 Å². The van der Waals surface area contributed by atoms with Crippen molar-refractivity contribution in [1.29, 1.82) is 0 Å². The third-order valence-corrected chi connectivity index (χ3v) is 3.57. The first-order valence-electron chi connectivity index (χ1n) is 7.57. The predicted molar refractivity (Wildman–Crippen MR) is 86.6 cm³/mol. The van der Waals surface area contributed by atoms with Crippen LogP contribution in [0.2, 0.25) is 0 Å². The van der Waals surface area contributed by atoms with Crippen molar-refractivity contribution in [2.75, 3.05) is 7.11 Å². The lowest BCUT2D eigenvalue weighted by Gasteiger charge is -2.15. The number of benzene rings is 1. The van der Waals surface area contributed by atoms with Gasteiger partial charge in [-0.2, -0.15) is 5.10 Å². The highest BCUT2D eigenvalue weighted by Gasteiger charge is 2.24. The fraction of sp³-hybridized carbons (Fsp3) is 0.353. The molecule has 1 N–H and O–H groups in total. The van der Waals surface area contributed by atoms with E-state index in [1.165, 1.54) is 25.4 Å². The molecule has 24 heavy (non-hydrogen) atoms. The Bertz CT molecular complexity index is 738. The molecular formula is C17H20FN3O3. The number of hydrogen-bond donors (Lipinski definition) is 1. The average molecular weight is 333 g/mol. The average Bonchev–Trinajstić information content (AvgIpc) is 3.00. The molecule has 2 aromatic rings. The molecule has 7 heteroatoms. The predicted octanol–water partition coefficient (Wildman–Crippen LogP) is 2.43. The van der Waals surface area contributed by atoms with E-state index in [-0.39, 0.29) is 11.7 Å². The SMILES string of the molecule is COC(=O)[C@H](C)NC(=O)c1cnn(-c2ccc(F)cc2)c1C(C)C. The maximum absolute atomic E-state index is 13.1. The lowest BCUT2D eigenvalue weighted by molar-refractivity contribution is -0.142. The van der Waals surface area contributed by atoms with Gasteiger partial charge in [-0.25, -0.2) is 13.9 Å². The number of amides is 1. The van der Waals surface area contributed by atoms with Gasteiger partial charge in [0.25, 0.3) is 5.91 Å². The van der Waals surface area contributed by atoms with Gasteiger partial charge in [0.05, 0.1) is 30.3 Å². The maximum atomic E-state index is 13.1. The lowest BCUT2D eigenvalue weighted by Crippen LogP contribution is -2.39. The van der Waals surface area contributed by atoms with Crippen molar-refractivity contribution in [1.82, 2.24) is 15.1 Å². The maximum Gasteiger partial charge on any atom is 0.328 e. The Morgan fingerprint density at radius 3 is 2.38 bits per heavy atom. The van der Waals surface area contributed by atoms with E-state index < -0.39 is 17.9 Å². The van der Waals surface area contributed by atoms with Crippen molar-refractivity contribution in [3.63, 3.8) is 0 Å². The molecule has 0 fully saturated rings. The fourth-order valence-electron chi connectivity index (χ4n) is 2.39. The molecule has 0 spiro atoms. The number of nitrogens with zero attached hydrogens (tertiary/aromatic N) is 2. The molecule has 0 aliphatic rings. The van der Waals surface area contributed by atoms with Crippen LogP contribution in [0.5, 0.6) is 0 Å². The van der Waals surface area contributed by atoms with E-state index in [0.29, 0.717) is 16.9 Å². The van der Waals surface area contributed by atoms with Crippen LogP contribution in [0, 0.1) is 5.82 Å². The standard InChI is InChI=1S/C17H20FN3O3/c1-10(2)15-14(16(22)20-11(3)17(23)24-4)9-19-21(15)13-7-5-12(18)6-8-13/h5-11H,1-4H3,(H,20,22)/t11-/m0/s1. The molecule has 128 valence electrons. The zero-order valence-corrected chi connectivity index (χ0v) is 14.0. The van der Waals surface area contributed by atoms with Gasteiger partial charge < -0.3 is 10.1 Å². The van der Waals surface area contributed by atoms with Crippen molar-refractivity contribution in [3.05, 3.63) is 47.5 Å². The van der Waals surface area contributed by atoms with Gasteiger partial charge in [-0.1, -0.05) is 13.8 Å². The summed E-state index contributed by atoms with van der Waals surface area (Å²) in [6, 6.07) is 5.08. The molecule has 0 radical (unpaired) electrons. The quantitative estimate of drug-likeness (QED) is 0.853. The summed E-state index contributed by atoms with van der Waals surface area (Å²) in [6.07, 6.45) is 1.44. The Balaban J connectivity index is 2.36. The first-order valence-corrected chi connectivity index (χ1v) is 7.57. The Labute approximate surface area is 139 Å². The highest BCUT2D eigenvalue weighted by Crippen LogP contribution is 2.23. The van der Waals surface area contributed by atoms with E-state index >= 15 is 0 Å². The summed E-state index contributed by atoms with van der Waals surface area (Å²) in [4.78, 5) is 23.9. The summed E-state index contributed by atoms with van der Waals surface area (Å²) in [5.41, 5.74) is 1.70. The normalized spacial score (nSPS) is 12.1. The second kappa shape index (κ2) is 7.25. The number of nitrogens with one attached hydrogen (secondary N) is 1. The molecule has 2 rings (SSSR count). The number of methoxy groups -OCH3 is 1. The molecule has 1 atom stereocenters. The van der Waals surface area contributed by atoms with Crippen LogP contribution in [-0.2, 0) is 9.53 Å². The molecule has 0 saturated heterocycles. The van der Waals surface area contributed by atoms with Crippen LogP contribution < -0.4 is 5.32 Å². The van der Waals surface area contributed by atoms with Crippen molar-refractivity contribution in [3.8, 4) is 5.69 Å². The number of carbonyl (C=O) groups excluding carboxylic acids is 2. The molecule has 0 saturated carbocycles. The summed E-state index contributed by atoms with van der Waals surface area (Å²) in [5.74, 6) is -1.29. The number of halogens is 1. The van der Waals surface area contributed by atoms with E-state index in [2.05, 4.69) is 15.2 Å². The largest absolute Gasteiger partial charge is 0.467 e. The first-order chi connectivity index (χ1) is 11.3. The van der Waals surface area contributed by atoms with E-state index in [1.54, 1.807) is 23.7 Å². The molecule has 6 nitrogen and oxygen atoms in total. The molecule has 1 amide bonds. The fourth-order valence-corrected chi connectivity index (χ4v) is 2.39. The minimum absolute atomic E-state index is 0.00765. The van der Waals surface area contributed by atoms with E-state index in [9.17, 15) is 14.0 Å².